The second kappa shape index (κ2) is 26.7. The fourth-order valence-corrected chi connectivity index (χ4v) is 15.5. The van der Waals surface area contributed by atoms with E-state index < -0.39 is 7.12 Å². The summed E-state index contributed by atoms with van der Waals surface area (Å²) < 4.78 is 18.2. The van der Waals surface area contributed by atoms with Crippen molar-refractivity contribution in [3.8, 4) is 79.1 Å². The van der Waals surface area contributed by atoms with E-state index in [-0.39, 0.29) is 16.7 Å². The number of para-hydroxylation sites is 4. The topological polar surface area (TPSA) is 139 Å². The summed E-state index contributed by atoms with van der Waals surface area (Å²) in [5.41, 5.74) is 24.7. The minimum atomic E-state index is -0.409. The van der Waals surface area contributed by atoms with E-state index >= 15 is 0 Å². The SMILES string of the molecule is Brc1cccc(-c2ccccc2)c1-c1ccc2[nH]c3ccccc3c2c1.CC1(C)OB(c2cccc(-n3c4ccccc4c4cc(C#N)ccc43)c2)OC1(C)C.N#Cc1ccc2c(c1)c1ccccc1n2-c1cccc(-c2cccc(-c3ccccc3)c2-c2ccc3[nH]c4ccccc4c3c2)c1.O. The summed E-state index contributed by atoms with van der Waals surface area (Å²) in [6, 6.07) is 115. The quantitative estimate of drug-likeness (QED) is 0.146. The third-order valence-electron chi connectivity index (χ3n) is 20.5. The molecule has 19 rings (SSSR count). The maximum absolute atomic E-state index is 9.62. The third-order valence-corrected chi connectivity index (χ3v) is 21.2. The number of hydrogen-bond donors (Lipinski definition) is 2. The Morgan fingerprint density at radius 2 is 0.728 bits per heavy atom. The van der Waals surface area contributed by atoms with Gasteiger partial charge in [-0.15, -0.1) is 0 Å². The summed E-state index contributed by atoms with van der Waals surface area (Å²) in [5, 5.41) is 28.4. The summed E-state index contributed by atoms with van der Waals surface area (Å²) in [4.78, 5) is 7.09. The number of nitrogens with zero attached hydrogens (tertiary/aromatic N) is 4. The first-order valence-corrected chi connectivity index (χ1v) is 35.2. The van der Waals surface area contributed by atoms with E-state index in [1.165, 1.54) is 82.6 Å². The molecular formula is C92H68BBrN6O3. The Bertz CT molecular complexity index is 6390. The number of rotatable bonds is 8. The van der Waals surface area contributed by atoms with Crippen LogP contribution in [-0.2, 0) is 9.31 Å². The fourth-order valence-electron chi connectivity index (χ4n) is 14.9. The van der Waals surface area contributed by atoms with Crippen LogP contribution in [0.1, 0.15) is 38.8 Å². The monoisotopic (exact) mass is 1390 g/mol. The number of aromatic amines is 2. The van der Waals surface area contributed by atoms with E-state index in [1.54, 1.807) is 0 Å². The molecule has 1 aliphatic rings. The van der Waals surface area contributed by atoms with Gasteiger partial charge < -0.3 is 33.9 Å². The average Bonchev–Trinajstić information content (AvgIpc) is 1.54. The molecule has 494 valence electrons. The lowest BCUT2D eigenvalue weighted by Gasteiger charge is -2.32. The predicted molar refractivity (Wildman–Crippen MR) is 430 cm³/mol. The van der Waals surface area contributed by atoms with Crippen molar-refractivity contribution in [2.45, 2.75) is 38.9 Å². The molecular weight excluding hydrogens is 1330 g/mol. The van der Waals surface area contributed by atoms with E-state index in [1.807, 2.05) is 54.6 Å². The van der Waals surface area contributed by atoms with E-state index in [0.717, 1.165) is 81.5 Å². The Morgan fingerprint density at radius 3 is 1.25 bits per heavy atom. The first-order chi connectivity index (χ1) is 49.9. The maximum Gasteiger partial charge on any atom is 0.494 e. The number of hydrogen-bond acceptors (Lipinski definition) is 4. The van der Waals surface area contributed by atoms with Crippen LogP contribution in [-0.4, -0.2) is 42.9 Å². The Balaban J connectivity index is 0.000000125. The highest BCUT2D eigenvalue weighted by atomic mass is 79.9. The lowest BCUT2D eigenvalue weighted by Crippen LogP contribution is -2.41. The van der Waals surface area contributed by atoms with Crippen molar-refractivity contribution in [1.82, 2.24) is 19.1 Å². The van der Waals surface area contributed by atoms with Crippen molar-refractivity contribution in [2.75, 3.05) is 0 Å². The number of nitriles is 2. The Labute approximate surface area is 605 Å². The summed E-state index contributed by atoms with van der Waals surface area (Å²) in [6.07, 6.45) is 0. The van der Waals surface area contributed by atoms with Crippen LogP contribution in [0.5, 0.6) is 0 Å². The highest BCUT2D eigenvalue weighted by molar-refractivity contribution is 9.10. The number of fused-ring (bicyclic) bond motifs is 12. The molecule has 0 unspecified atom stereocenters. The van der Waals surface area contributed by atoms with Crippen LogP contribution in [0.15, 0.2) is 320 Å². The summed E-state index contributed by atoms with van der Waals surface area (Å²) in [5.74, 6) is 0. The van der Waals surface area contributed by atoms with Crippen LogP contribution in [0, 0.1) is 22.7 Å². The second-order valence-electron chi connectivity index (χ2n) is 27.1. The molecule has 1 fully saturated rings. The van der Waals surface area contributed by atoms with Crippen LogP contribution < -0.4 is 5.46 Å². The fraction of sp³-hybridized carbons (Fsp3) is 0.0652. The van der Waals surface area contributed by atoms with Crippen molar-refractivity contribution in [1.29, 1.82) is 10.5 Å². The second-order valence-corrected chi connectivity index (χ2v) is 28.0. The molecule has 4 N–H and O–H groups in total. The van der Waals surface area contributed by atoms with Crippen LogP contribution in [0.4, 0.5) is 0 Å². The Hall–Kier alpha value is -12.3. The zero-order chi connectivity index (χ0) is 69.2. The van der Waals surface area contributed by atoms with Gasteiger partial charge in [0.05, 0.1) is 56.5 Å². The highest BCUT2D eigenvalue weighted by Crippen LogP contribution is 2.45. The number of benzene rings is 14. The van der Waals surface area contributed by atoms with Gasteiger partial charge in [0.25, 0.3) is 0 Å². The highest BCUT2D eigenvalue weighted by Gasteiger charge is 2.51. The first kappa shape index (κ1) is 65.3. The zero-order valence-electron chi connectivity index (χ0n) is 57.1. The number of halogens is 1. The van der Waals surface area contributed by atoms with Gasteiger partial charge in [-0.3, -0.25) is 0 Å². The van der Waals surface area contributed by atoms with E-state index in [2.05, 4.69) is 336 Å². The van der Waals surface area contributed by atoms with Crippen LogP contribution in [0.3, 0.4) is 0 Å². The Morgan fingerprint density at radius 1 is 0.330 bits per heavy atom. The molecule has 14 aromatic carbocycles. The lowest BCUT2D eigenvalue weighted by molar-refractivity contribution is 0.00578. The molecule has 1 saturated heterocycles. The summed E-state index contributed by atoms with van der Waals surface area (Å²) in [7, 11) is -0.409. The van der Waals surface area contributed by atoms with Gasteiger partial charge in [0.1, 0.15) is 0 Å². The average molecular weight is 1400 g/mol. The number of nitrogens with one attached hydrogen (secondary N) is 2. The third kappa shape index (κ3) is 11.7. The molecule has 0 saturated carbocycles. The normalized spacial score (nSPS) is 13.1. The lowest BCUT2D eigenvalue weighted by atomic mass is 9.79. The molecule has 103 heavy (non-hydrogen) atoms. The van der Waals surface area contributed by atoms with E-state index in [9.17, 15) is 10.5 Å². The van der Waals surface area contributed by atoms with Gasteiger partial charge in [-0.05, 0) is 198 Å². The molecule has 0 amide bonds. The molecule has 1 aliphatic heterocycles. The van der Waals surface area contributed by atoms with Gasteiger partial charge in [0.2, 0.25) is 0 Å². The van der Waals surface area contributed by atoms with Gasteiger partial charge in [-0.2, -0.15) is 10.5 Å². The molecule has 11 heteroatoms. The van der Waals surface area contributed by atoms with Crippen LogP contribution in [0.2, 0.25) is 0 Å². The van der Waals surface area contributed by atoms with Crippen molar-refractivity contribution in [3.05, 3.63) is 331 Å². The molecule has 9 nitrogen and oxygen atoms in total. The van der Waals surface area contributed by atoms with Gasteiger partial charge in [0.15, 0.2) is 0 Å². The molecule has 0 aliphatic carbocycles. The molecule has 0 bridgehead atoms. The van der Waals surface area contributed by atoms with Crippen molar-refractivity contribution >= 4 is 116 Å². The van der Waals surface area contributed by atoms with Gasteiger partial charge in [0, 0.05) is 86.6 Å². The smallest absolute Gasteiger partial charge is 0.412 e. The van der Waals surface area contributed by atoms with Crippen LogP contribution in [0.25, 0.3) is 154 Å². The molecule has 0 spiro atoms. The first-order valence-electron chi connectivity index (χ1n) is 34.4. The predicted octanol–water partition coefficient (Wildman–Crippen LogP) is 22.8. The van der Waals surface area contributed by atoms with Gasteiger partial charge in [-0.1, -0.05) is 216 Å². The molecule has 0 radical (unpaired) electrons. The molecule has 5 heterocycles. The number of aromatic nitrogens is 4. The van der Waals surface area contributed by atoms with E-state index in [0.29, 0.717) is 11.1 Å². The van der Waals surface area contributed by atoms with Gasteiger partial charge in [-0.25, -0.2) is 0 Å². The van der Waals surface area contributed by atoms with Crippen molar-refractivity contribution in [3.63, 3.8) is 0 Å². The molecule has 18 aromatic rings. The van der Waals surface area contributed by atoms with Crippen LogP contribution >= 0.6 is 15.9 Å². The molecule has 4 aromatic heterocycles. The van der Waals surface area contributed by atoms with Crippen molar-refractivity contribution < 1.29 is 14.8 Å². The molecule has 0 atom stereocenters. The minimum absolute atomic E-state index is 0. The standard InChI is InChI=1S/C43H27N3.C25H23BN2O2.C24H16BrN.H2O/c44-27-28-20-23-42-38(24-28)36-15-5-7-19-41(36)46(42)32-13-8-12-30(25-32)34-17-9-16-33(29-10-2-1-3-11-29)43(34)31-21-22-40-37(26-31)35-14-4-6-18-39(35)45-40;1-24(2)25(3,4)30-26(29-24)18-8-7-9-19(15-18)28-22-11-6-5-10-20(22)21-14-17(16-27)12-13-23(21)28;25-21-11-6-10-18(16-7-2-1-3-8-16)24(21)17-13-14-23-20(15-17)19-9-4-5-12-22(19)26-23;/h1-26,45H;5-15H,1-4H3;1-15,26H;1H2. The Kier molecular flexibility index (Phi) is 16.9. The summed E-state index contributed by atoms with van der Waals surface area (Å²) in [6.45, 7) is 8.26. The van der Waals surface area contributed by atoms with Crippen molar-refractivity contribution in [2.24, 2.45) is 0 Å². The maximum atomic E-state index is 9.62. The van der Waals surface area contributed by atoms with Gasteiger partial charge >= 0.3 is 7.12 Å². The largest absolute Gasteiger partial charge is 0.494 e. The van der Waals surface area contributed by atoms with E-state index in [4.69, 9.17) is 9.31 Å². The summed E-state index contributed by atoms with van der Waals surface area (Å²) >= 11 is 3.78. The minimum Gasteiger partial charge on any atom is -0.412 e. The number of H-pyrrole nitrogens is 2. The zero-order valence-corrected chi connectivity index (χ0v) is 58.7.